The van der Waals surface area contributed by atoms with Gasteiger partial charge >= 0.3 is 0 Å². The maximum Gasteiger partial charge on any atom is 0.127 e. The number of rotatable bonds is 2. The van der Waals surface area contributed by atoms with E-state index in [1.165, 1.54) is 0 Å². The number of hydrogen-bond acceptors (Lipinski definition) is 3. The first-order chi connectivity index (χ1) is 6.31. The smallest absolute Gasteiger partial charge is 0.127 e. The van der Waals surface area contributed by atoms with Crippen molar-refractivity contribution in [3.63, 3.8) is 0 Å². The summed E-state index contributed by atoms with van der Waals surface area (Å²) >= 11 is 1.67. The van der Waals surface area contributed by atoms with E-state index in [1.807, 2.05) is 13.0 Å². The molecule has 0 saturated carbocycles. The first-order valence-corrected chi connectivity index (χ1v) is 5.18. The molecule has 0 spiro atoms. The van der Waals surface area contributed by atoms with Gasteiger partial charge in [-0.2, -0.15) is 0 Å². The van der Waals surface area contributed by atoms with Gasteiger partial charge in [0.15, 0.2) is 0 Å². The van der Waals surface area contributed by atoms with Crippen molar-refractivity contribution in [3.05, 3.63) is 29.2 Å². The molecule has 0 atom stereocenters. The largest absolute Gasteiger partial charge is 0.469 e. The maximum atomic E-state index is 5.23. The highest BCUT2D eigenvalue weighted by Gasteiger charge is 2.08. The highest BCUT2D eigenvalue weighted by Crippen LogP contribution is 2.27. The fraction of sp³-hybridized carbons (Fsp3) is 0.300. The highest BCUT2D eigenvalue weighted by molar-refractivity contribution is 7.13. The highest BCUT2D eigenvalue weighted by atomic mass is 32.1. The Morgan fingerprint density at radius 2 is 2.38 bits per heavy atom. The zero-order chi connectivity index (χ0) is 9.26. The van der Waals surface area contributed by atoms with Crippen LogP contribution < -0.4 is 0 Å². The van der Waals surface area contributed by atoms with Crippen molar-refractivity contribution < 1.29 is 4.42 Å². The molecule has 0 bridgehead atoms. The molecule has 0 fully saturated rings. The normalized spacial score (nSPS) is 10.6. The number of hydrogen-bond donors (Lipinski definition) is 0. The van der Waals surface area contributed by atoms with Gasteiger partial charge in [-0.25, -0.2) is 4.98 Å². The molecule has 3 heteroatoms. The van der Waals surface area contributed by atoms with Gasteiger partial charge in [-0.3, -0.25) is 0 Å². The molecule has 2 nitrogen and oxygen atoms in total. The second-order valence-corrected chi connectivity index (χ2v) is 3.75. The molecule has 2 aromatic rings. The van der Waals surface area contributed by atoms with Crippen molar-refractivity contribution in [1.29, 1.82) is 0 Å². The Morgan fingerprint density at radius 1 is 1.54 bits per heavy atom. The van der Waals surface area contributed by atoms with Crippen LogP contribution in [0.15, 0.2) is 22.1 Å². The second-order valence-electron chi connectivity index (χ2n) is 2.89. The standard InChI is InChI=1S/C10H11NOS/c1-3-8-6-13-10(11-8)9-4-5-12-7(9)2/h4-6H,3H2,1-2H3. The summed E-state index contributed by atoms with van der Waals surface area (Å²) in [6.07, 6.45) is 2.70. The summed E-state index contributed by atoms with van der Waals surface area (Å²) in [6.45, 7) is 4.07. The lowest BCUT2D eigenvalue weighted by Gasteiger charge is -1.90. The average Bonchev–Trinajstić information content (AvgIpc) is 2.71. The van der Waals surface area contributed by atoms with E-state index in [9.17, 15) is 0 Å². The number of nitrogens with zero attached hydrogens (tertiary/aromatic N) is 1. The van der Waals surface area contributed by atoms with Crippen molar-refractivity contribution in [2.75, 3.05) is 0 Å². The number of furan rings is 1. The van der Waals surface area contributed by atoms with Crippen LogP contribution in [0.25, 0.3) is 10.6 Å². The van der Waals surface area contributed by atoms with Gasteiger partial charge in [-0.1, -0.05) is 6.92 Å². The molecule has 0 aliphatic heterocycles. The van der Waals surface area contributed by atoms with Crippen molar-refractivity contribution in [1.82, 2.24) is 4.98 Å². The van der Waals surface area contributed by atoms with E-state index >= 15 is 0 Å². The fourth-order valence-corrected chi connectivity index (χ4v) is 2.18. The quantitative estimate of drug-likeness (QED) is 0.731. The van der Waals surface area contributed by atoms with Crippen molar-refractivity contribution in [3.8, 4) is 10.6 Å². The van der Waals surface area contributed by atoms with E-state index < -0.39 is 0 Å². The monoisotopic (exact) mass is 193 g/mol. The minimum atomic E-state index is 0.942. The molecule has 0 aromatic carbocycles. The Hall–Kier alpha value is -1.09. The molecule has 68 valence electrons. The van der Waals surface area contributed by atoms with E-state index in [0.29, 0.717) is 0 Å². The van der Waals surface area contributed by atoms with Gasteiger partial charge in [0.1, 0.15) is 10.8 Å². The Labute approximate surface area is 81.2 Å². The van der Waals surface area contributed by atoms with Crippen LogP contribution in [0.3, 0.4) is 0 Å². The van der Waals surface area contributed by atoms with Crippen LogP contribution in [-0.4, -0.2) is 4.98 Å². The second kappa shape index (κ2) is 3.34. The molecule has 0 radical (unpaired) electrons. The fourth-order valence-electron chi connectivity index (χ4n) is 1.20. The van der Waals surface area contributed by atoms with Crippen LogP contribution in [0.5, 0.6) is 0 Å². The Kier molecular flexibility index (Phi) is 2.19. The van der Waals surface area contributed by atoms with Gasteiger partial charge in [0.05, 0.1) is 17.5 Å². The van der Waals surface area contributed by atoms with E-state index in [0.717, 1.165) is 28.4 Å². The summed E-state index contributed by atoms with van der Waals surface area (Å²) in [4.78, 5) is 4.49. The average molecular weight is 193 g/mol. The summed E-state index contributed by atoms with van der Waals surface area (Å²) in [5, 5.41) is 3.16. The Morgan fingerprint density at radius 3 is 2.92 bits per heavy atom. The lowest BCUT2D eigenvalue weighted by Crippen LogP contribution is -1.80. The molecule has 0 amide bonds. The van der Waals surface area contributed by atoms with Gasteiger partial charge in [-0.05, 0) is 19.4 Å². The summed E-state index contributed by atoms with van der Waals surface area (Å²) in [7, 11) is 0. The summed E-state index contributed by atoms with van der Waals surface area (Å²) in [6, 6.07) is 1.97. The molecule has 0 aliphatic rings. The third-order valence-electron chi connectivity index (χ3n) is 2.00. The third kappa shape index (κ3) is 1.52. The van der Waals surface area contributed by atoms with Gasteiger partial charge in [0.25, 0.3) is 0 Å². The molecule has 2 rings (SSSR count). The third-order valence-corrected chi connectivity index (χ3v) is 2.93. The minimum Gasteiger partial charge on any atom is -0.469 e. The molecule has 0 saturated heterocycles. The number of aromatic nitrogens is 1. The van der Waals surface area contributed by atoms with Crippen LogP contribution in [-0.2, 0) is 6.42 Å². The minimum absolute atomic E-state index is 0.942. The van der Waals surface area contributed by atoms with Gasteiger partial charge in [0.2, 0.25) is 0 Å². The van der Waals surface area contributed by atoms with Gasteiger partial charge in [0, 0.05) is 5.38 Å². The summed E-state index contributed by atoms with van der Waals surface area (Å²) in [5.74, 6) is 0.942. The van der Waals surface area contributed by atoms with E-state index in [4.69, 9.17) is 4.42 Å². The SMILES string of the molecule is CCc1csc(-c2ccoc2C)n1. The van der Waals surface area contributed by atoms with Crippen LogP contribution in [0.1, 0.15) is 18.4 Å². The van der Waals surface area contributed by atoms with Crippen LogP contribution in [0.2, 0.25) is 0 Å². The summed E-state index contributed by atoms with van der Waals surface area (Å²) in [5.41, 5.74) is 2.27. The van der Waals surface area contributed by atoms with E-state index in [1.54, 1.807) is 17.6 Å². The lowest BCUT2D eigenvalue weighted by molar-refractivity contribution is 0.535. The molecule has 2 aromatic heterocycles. The zero-order valence-electron chi connectivity index (χ0n) is 7.70. The molecular weight excluding hydrogens is 182 g/mol. The number of thiazole rings is 1. The molecular formula is C10H11NOS. The van der Waals surface area contributed by atoms with Crippen LogP contribution >= 0.6 is 11.3 Å². The Balaban J connectivity index is 2.41. The van der Waals surface area contributed by atoms with Crippen LogP contribution in [0.4, 0.5) is 0 Å². The van der Waals surface area contributed by atoms with E-state index in [-0.39, 0.29) is 0 Å². The molecule has 0 unspecified atom stereocenters. The predicted octanol–water partition coefficient (Wildman–Crippen LogP) is 3.27. The van der Waals surface area contributed by atoms with E-state index in [2.05, 4.69) is 17.3 Å². The summed E-state index contributed by atoms with van der Waals surface area (Å²) < 4.78 is 5.23. The number of aryl methyl sites for hydroxylation is 2. The molecule has 0 aliphatic carbocycles. The zero-order valence-corrected chi connectivity index (χ0v) is 8.52. The maximum absolute atomic E-state index is 5.23. The van der Waals surface area contributed by atoms with Gasteiger partial charge in [-0.15, -0.1) is 11.3 Å². The van der Waals surface area contributed by atoms with Gasteiger partial charge < -0.3 is 4.42 Å². The van der Waals surface area contributed by atoms with Crippen molar-refractivity contribution in [2.24, 2.45) is 0 Å². The molecule has 0 N–H and O–H groups in total. The first kappa shape index (κ1) is 8.51. The lowest BCUT2D eigenvalue weighted by atomic mass is 10.3. The van der Waals surface area contributed by atoms with Crippen LogP contribution in [0, 0.1) is 6.92 Å². The molecule has 13 heavy (non-hydrogen) atoms. The van der Waals surface area contributed by atoms with Crippen molar-refractivity contribution in [2.45, 2.75) is 20.3 Å². The molecule has 2 heterocycles. The first-order valence-electron chi connectivity index (χ1n) is 4.30. The Bertz CT molecular complexity index is 402. The van der Waals surface area contributed by atoms with Crippen molar-refractivity contribution >= 4 is 11.3 Å². The topological polar surface area (TPSA) is 26.0 Å². The predicted molar refractivity (Wildman–Crippen MR) is 53.9 cm³/mol.